The van der Waals surface area contributed by atoms with Crippen LogP contribution < -0.4 is 5.73 Å². The first-order valence-corrected chi connectivity index (χ1v) is 8.27. The molecule has 1 aromatic heterocycles. The van der Waals surface area contributed by atoms with E-state index in [0.717, 1.165) is 5.69 Å². The normalized spacial score (nSPS) is 18.3. The molecule has 1 heterocycles. The Balaban J connectivity index is 1.91. The summed E-state index contributed by atoms with van der Waals surface area (Å²) >= 11 is 0. The molecule has 1 aliphatic rings. The van der Waals surface area contributed by atoms with Crippen molar-refractivity contribution in [1.82, 2.24) is 9.78 Å². The Morgan fingerprint density at radius 3 is 2.52 bits per heavy atom. The minimum atomic E-state index is -0.347. The van der Waals surface area contributed by atoms with Gasteiger partial charge in [0.2, 0.25) is 0 Å². The molecule has 5 heteroatoms. The number of nitrogens with two attached hydrogens (primary N) is 1. The SMILES string of the molecule is CCOC(OCC)C(N)Cc1ccn(C2CCCCC2)n1. The van der Waals surface area contributed by atoms with E-state index in [0.29, 0.717) is 25.7 Å². The van der Waals surface area contributed by atoms with E-state index in [2.05, 4.69) is 16.9 Å². The molecule has 0 amide bonds. The maximum Gasteiger partial charge on any atom is 0.172 e. The highest BCUT2D eigenvalue weighted by Crippen LogP contribution is 2.27. The van der Waals surface area contributed by atoms with E-state index in [4.69, 9.17) is 20.3 Å². The lowest BCUT2D eigenvalue weighted by Gasteiger charge is -2.23. The van der Waals surface area contributed by atoms with Gasteiger partial charge in [-0.2, -0.15) is 5.10 Å². The minimum Gasteiger partial charge on any atom is -0.351 e. The lowest BCUT2D eigenvalue weighted by molar-refractivity contribution is -0.148. The Kier molecular flexibility index (Phi) is 6.67. The molecule has 2 rings (SSSR count). The van der Waals surface area contributed by atoms with Gasteiger partial charge in [-0.25, -0.2) is 0 Å². The van der Waals surface area contributed by atoms with Crippen molar-refractivity contribution >= 4 is 0 Å². The zero-order chi connectivity index (χ0) is 15.1. The van der Waals surface area contributed by atoms with Gasteiger partial charge in [0.05, 0.1) is 17.8 Å². The number of rotatable bonds is 8. The molecule has 0 bridgehead atoms. The predicted molar refractivity (Wildman–Crippen MR) is 83.1 cm³/mol. The Morgan fingerprint density at radius 2 is 1.90 bits per heavy atom. The van der Waals surface area contributed by atoms with Gasteiger partial charge in [0.15, 0.2) is 6.29 Å². The topological polar surface area (TPSA) is 62.3 Å². The molecule has 2 N–H and O–H groups in total. The fourth-order valence-electron chi connectivity index (χ4n) is 3.00. The monoisotopic (exact) mass is 295 g/mol. The third-order valence-electron chi connectivity index (χ3n) is 4.07. The number of aromatic nitrogens is 2. The summed E-state index contributed by atoms with van der Waals surface area (Å²) in [6.45, 7) is 5.12. The number of hydrogen-bond acceptors (Lipinski definition) is 4. The number of ether oxygens (including phenoxy) is 2. The van der Waals surface area contributed by atoms with Crippen molar-refractivity contribution in [3.05, 3.63) is 18.0 Å². The summed E-state index contributed by atoms with van der Waals surface area (Å²) in [6, 6.07) is 2.46. The second-order valence-corrected chi connectivity index (χ2v) is 5.73. The molecule has 1 saturated carbocycles. The molecular weight excluding hydrogens is 266 g/mol. The van der Waals surface area contributed by atoms with E-state index in [9.17, 15) is 0 Å². The molecule has 1 aliphatic carbocycles. The second-order valence-electron chi connectivity index (χ2n) is 5.73. The van der Waals surface area contributed by atoms with Crippen LogP contribution in [0.1, 0.15) is 57.7 Å². The van der Waals surface area contributed by atoms with Crippen molar-refractivity contribution in [3.8, 4) is 0 Å². The smallest absolute Gasteiger partial charge is 0.172 e. The molecular formula is C16H29N3O2. The van der Waals surface area contributed by atoms with E-state index in [-0.39, 0.29) is 12.3 Å². The van der Waals surface area contributed by atoms with Gasteiger partial charge in [-0.15, -0.1) is 0 Å². The summed E-state index contributed by atoms with van der Waals surface area (Å²) in [5, 5.41) is 4.70. The lowest BCUT2D eigenvalue weighted by atomic mass is 9.96. The average molecular weight is 295 g/mol. The van der Waals surface area contributed by atoms with Crippen molar-refractivity contribution < 1.29 is 9.47 Å². The summed E-state index contributed by atoms with van der Waals surface area (Å²) in [5.41, 5.74) is 7.24. The van der Waals surface area contributed by atoms with Crippen LogP contribution in [0, 0.1) is 0 Å². The number of hydrogen-bond donors (Lipinski definition) is 1. The van der Waals surface area contributed by atoms with E-state index in [1.165, 1.54) is 32.1 Å². The van der Waals surface area contributed by atoms with Crippen molar-refractivity contribution in [2.75, 3.05) is 13.2 Å². The first-order chi connectivity index (χ1) is 10.2. The van der Waals surface area contributed by atoms with Gasteiger partial charge in [0.1, 0.15) is 0 Å². The van der Waals surface area contributed by atoms with E-state index in [1.807, 2.05) is 13.8 Å². The molecule has 21 heavy (non-hydrogen) atoms. The highest BCUT2D eigenvalue weighted by atomic mass is 16.7. The van der Waals surface area contributed by atoms with Crippen LogP contribution in [0.2, 0.25) is 0 Å². The maximum atomic E-state index is 6.21. The zero-order valence-corrected chi connectivity index (χ0v) is 13.3. The van der Waals surface area contributed by atoms with Crippen molar-refractivity contribution in [3.63, 3.8) is 0 Å². The molecule has 0 aliphatic heterocycles. The molecule has 1 fully saturated rings. The Bertz CT molecular complexity index is 396. The average Bonchev–Trinajstić information content (AvgIpc) is 2.96. The molecule has 1 atom stereocenters. The third kappa shape index (κ3) is 4.80. The molecule has 0 aromatic carbocycles. The Labute approximate surface area is 127 Å². The van der Waals surface area contributed by atoms with Gasteiger partial charge >= 0.3 is 0 Å². The van der Waals surface area contributed by atoms with Crippen LogP contribution in [0.4, 0.5) is 0 Å². The molecule has 0 saturated heterocycles. The molecule has 0 radical (unpaired) electrons. The van der Waals surface area contributed by atoms with Crippen molar-refractivity contribution in [2.24, 2.45) is 5.73 Å². The first kappa shape index (κ1) is 16.5. The fraction of sp³-hybridized carbons (Fsp3) is 0.812. The van der Waals surface area contributed by atoms with Crippen LogP contribution in [-0.2, 0) is 15.9 Å². The number of nitrogens with zero attached hydrogens (tertiary/aromatic N) is 2. The molecule has 5 nitrogen and oxygen atoms in total. The molecule has 1 unspecified atom stereocenters. The van der Waals surface area contributed by atoms with Gasteiger partial charge in [-0.05, 0) is 32.8 Å². The van der Waals surface area contributed by atoms with Crippen LogP contribution in [-0.4, -0.2) is 35.3 Å². The highest BCUT2D eigenvalue weighted by Gasteiger charge is 2.21. The van der Waals surface area contributed by atoms with Crippen LogP contribution in [0.15, 0.2) is 12.3 Å². The van der Waals surface area contributed by atoms with Crippen molar-refractivity contribution in [2.45, 2.75) is 70.7 Å². The summed E-state index contributed by atoms with van der Waals surface area (Å²) in [5.74, 6) is 0. The van der Waals surface area contributed by atoms with Gasteiger partial charge in [0.25, 0.3) is 0 Å². The van der Waals surface area contributed by atoms with Crippen LogP contribution >= 0.6 is 0 Å². The summed E-state index contributed by atoms with van der Waals surface area (Å²) in [4.78, 5) is 0. The first-order valence-electron chi connectivity index (χ1n) is 8.27. The summed E-state index contributed by atoms with van der Waals surface area (Å²) in [6.07, 6.45) is 8.91. The highest BCUT2D eigenvalue weighted by molar-refractivity contribution is 5.02. The van der Waals surface area contributed by atoms with Gasteiger partial charge in [-0.1, -0.05) is 19.3 Å². The van der Waals surface area contributed by atoms with E-state index < -0.39 is 0 Å². The molecule has 0 spiro atoms. The van der Waals surface area contributed by atoms with Crippen LogP contribution in [0.5, 0.6) is 0 Å². The van der Waals surface area contributed by atoms with E-state index >= 15 is 0 Å². The Hall–Kier alpha value is -0.910. The van der Waals surface area contributed by atoms with Crippen LogP contribution in [0.3, 0.4) is 0 Å². The summed E-state index contributed by atoms with van der Waals surface area (Å²) < 4.78 is 13.2. The minimum absolute atomic E-state index is 0.181. The summed E-state index contributed by atoms with van der Waals surface area (Å²) in [7, 11) is 0. The molecule has 120 valence electrons. The predicted octanol–water partition coefficient (Wildman–Crippen LogP) is 2.66. The molecule has 1 aromatic rings. The zero-order valence-electron chi connectivity index (χ0n) is 13.3. The lowest BCUT2D eigenvalue weighted by Crippen LogP contribution is -2.40. The fourth-order valence-corrected chi connectivity index (χ4v) is 3.00. The third-order valence-corrected chi connectivity index (χ3v) is 4.07. The van der Waals surface area contributed by atoms with Crippen LogP contribution in [0.25, 0.3) is 0 Å². The van der Waals surface area contributed by atoms with Gasteiger partial charge in [-0.3, -0.25) is 4.68 Å². The van der Waals surface area contributed by atoms with Gasteiger partial charge < -0.3 is 15.2 Å². The largest absolute Gasteiger partial charge is 0.351 e. The maximum absolute atomic E-state index is 6.21. The quantitative estimate of drug-likeness (QED) is 0.749. The standard InChI is InChI=1S/C16H29N3O2/c1-3-20-16(21-4-2)15(17)12-13-10-11-19(18-13)14-8-6-5-7-9-14/h10-11,14-16H,3-9,12,17H2,1-2H3. The van der Waals surface area contributed by atoms with Gasteiger partial charge in [0, 0.05) is 25.8 Å². The Morgan fingerprint density at radius 1 is 1.24 bits per heavy atom. The van der Waals surface area contributed by atoms with E-state index in [1.54, 1.807) is 0 Å². The second kappa shape index (κ2) is 8.51. The van der Waals surface area contributed by atoms with Crippen molar-refractivity contribution in [1.29, 1.82) is 0 Å².